The van der Waals surface area contributed by atoms with Crippen LogP contribution < -0.4 is 5.73 Å². The Labute approximate surface area is 281 Å². The average Bonchev–Trinajstić information content (AvgIpc) is 3.04. The Hall–Kier alpha value is -1.25. The zero-order valence-electron chi connectivity index (χ0n) is 29.6. The number of allylic oxidation sites excluding steroid dienone is 2. The van der Waals surface area contributed by atoms with Crippen molar-refractivity contribution in [3.05, 3.63) is 12.2 Å². The number of unbranched alkanes of at least 4 members (excludes halogenated alkanes) is 20. The molecule has 0 aromatic rings. The van der Waals surface area contributed by atoms with Gasteiger partial charge in [-0.3, -0.25) is 18.6 Å². The van der Waals surface area contributed by atoms with Gasteiger partial charge in [0.05, 0.1) is 13.2 Å². The van der Waals surface area contributed by atoms with Crippen molar-refractivity contribution >= 4 is 19.8 Å². The summed E-state index contributed by atoms with van der Waals surface area (Å²) in [6.45, 7) is 3.69. The van der Waals surface area contributed by atoms with Crippen molar-refractivity contribution in [1.82, 2.24) is 0 Å². The Morgan fingerprint density at radius 1 is 0.630 bits per heavy atom. The first-order valence-corrected chi connectivity index (χ1v) is 20.2. The third-order valence-corrected chi connectivity index (χ3v) is 8.89. The second-order valence-corrected chi connectivity index (χ2v) is 13.9. The average molecular weight is 676 g/mol. The number of carbonyl (C=O) groups is 2. The molecule has 0 aliphatic carbocycles. The van der Waals surface area contributed by atoms with Gasteiger partial charge in [0.2, 0.25) is 0 Å². The second-order valence-electron chi connectivity index (χ2n) is 12.4. The summed E-state index contributed by atoms with van der Waals surface area (Å²) in [5.41, 5.74) is 5.32. The summed E-state index contributed by atoms with van der Waals surface area (Å²) in [6, 6.07) is 0. The first-order chi connectivity index (χ1) is 22.3. The highest BCUT2D eigenvalue weighted by molar-refractivity contribution is 7.47. The minimum absolute atomic E-state index is 0.0553. The van der Waals surface area contributed by atoms with Crippen LogP contribution in [0.1, 0.15) is 174 Å². The molecule has 1 unspecified atom stereocenters. The topological polar surface area (TPSA) is 134 Å². The Bertz CT molecular complexity index is 779. The SMILES string of the molecule is CCCC/C=C\CCCCCCCCCC(=O)OC[C@H](COP(=O)(O)OCCN)OC(=O)CCCCCCCCCCCCCC. The molecule has 0 heterocycles. The van der Waals surface area contributed by atoms with Crippen molar-refractivity contribution in [2.45, 2.75) is 180 Å². The second kappa shape index (κ2) is 33.6. The van der Waals surface area contributed by atoms with Gasteiger partial charge >= 0.3 is 19.8 Å². The monoisotopic (exact) mass is 675 g/mol. The minimum Gasteiger partial charge on any atom is -0.462 e. The van der Waals surface area contributed by atoms with Crippen LogP contribution in [0.5, 0.6) is 0 Å². The Balaban J connectivity index is 4.22. The van der Waals surface area contributed by atoms with E-state index in [2.05, 4.69) is 26.0 Å². The van der Waals surface area contributed by atoms with E-state index < -0.39 is 26.5 Å². The number of phosphoric acid groups is 1. The van der Waals surface area contributed by atoms with E-state index >= 15 is 0 Å². The molecule has 0 bridgehead atoms. The summed E-state index contributed by atoms with van der Waals surface area (Å²) >= 11 is 0. The summed E-state index contributed by atoms with van der Waals surface area (Å²) in [5.74, 6) is -0.830. The predicted molar refractivity (Wildman–Crippen MR) is 188 cm³/mol. The zero-order valence-corrected chi connectivity index (χ0v) is 30.5. The molecule has 0 amide bonds. The minimum atomic E-state index is -4.36. The molecule has 10 heteroatoms. The van der Waals surface area contributed by atoms with E-state index in [0.717, 1.165) is 44.9 Å². The third-order valence-electron chi connectivity index (χ3n) is 7.90. The van der Waals surface area contributed by atoms with Gasteiger partial charge in [0.1, 0.15) is 6.61 Å². The number of hydrogen-bond acceptors (Lipinski definition) is 8. The van der Waals surface area contributed by atoms with Crippen LogP contribution in [-0.4, -0.2) is 49.3 Å². The Morgan fingerprint density at radius 3 is 1.61 bits per heavy atom. The van der Waals surface area contributed by atoms with Crippen molar-refractivity contribution in [1.29, 1.82) is 0 Å². The molecular formula is C36H70NO8P. The third kappa shape index (κ3) is 32.7. The van der Waals surface area contributed by atoms with E-state index in [1.807, 2.05) is 0 Å². The van der Waals surface area contributed by atoms with Crippen LogP contribution >= 0.6 is 7.82 Å². The smallest absolute Gasteiger partial charge is 0.462 e. The van der Waals surface area contributed by atoms with Crippen LogP contribution in [0.15, 0.2) is 12.2 Å². The molecule has 0 aliphatic rings. The van der Waals surface area contributed by atoms with Crippen LogP contribution in [0.2, 0.25) is 0 Å². The van der Waals surface area contributed by atoms with Crippen LogP contribution in [0.4, 0.5) is 0 Å². The van der Waals surface area contributed by atoms with Crippen LogP contribution in [0, 0.1) is 0 Å². The van der Waals surface area contributed by atoms with E-state index in [9.17, 15) is 19.0 Å². The number of hydrogen-bond donors (Lipinski definition) is 2. The lowest BCUT2D eigenvalue weighted by Crippen LogP contribution is -2.29. The highest BCUT2D eigenvalue weighted by Gasteiger charge is 2.25. The van der Waals surface area contributed by atoms with Gasteiger partial charge in [0.25, 0.3) is 0 Å². The molecule has 0 aromatic carbocycles. The predicted octanol–water partition coefficient (Wildman–Crippen LogP) is 9.88. The van der Waals surface area contributed by atoms with Gasteiger partial charge in [-0.25, -0.2) is 4.57 Å². The largest absolute Gasteiger partial charge is 0.472 e. The van der Waals surface area contributed by atoms with E-state index in [0.29, 0.717) is 6.42 Å². The molecule has 9 nitrogen and oxygen atoms in total. The fourth-order valence-electron chi connectivity index (χ4n) is 5.09. The summed E-state index contributed by atoms with van der Waals surface area (Å²) < 4.78 is 32.6. The molecule has 0 radical (unpaired) electrons. The maximum Gasteiger partial charge on any atom is 0.472 e. The molecule has 0 saturated carbocycles. The van der Waals surface area contributed by atoms with Crippen molar-refractivity contribution in [3.8, 4) is 0 Å². The van der Waals surface area contributed by atoms with Gasteiger partial charge < -0.3 is 20.1 Å². The fourth-order valence-corrected chi connectivity index (χ4v) is 5.85. The van der Waals surface area contributed by atoms with E-state index in [4.69, 9.17) is 24.3 Å². The standard InChI is InChI=1S/C36H70NO8P/c1-3-5-7-9-11-13-15-17-19-20-22-24-26-28-35(38)42-32-34(33-44-46(40,41)43-31-30-37)45-36(39)29-27-25-23-21-18-16-14-12-10-8-6-4-2/h9,11,34H,3-8,10,12-33,37H2,1-2H3,(H,40,41)/b11-9-/t34-/m1/s1. The Morgan fingerprint density at radius 2 is 1.09 bits per heavy atom. The molecule has 0 rings (SSSR count). The van der Waals surface area contributed by atoms with Gasteiger partial charge in [-0.15, -0.1) is 0 Å². The van der Waals surface area contributed by atoms with Crippen molar-refractivity contribution in [2.24, 2.45) is 5.73 Å². The fraction of sp³-hybridized carbons (Fsp3) is 0.889. The van der Waals surface area contributed by atoms with Crippen LogP contribution in [0.3, 0.4) is 0 Å². The Kier molecular flexibility index (Phi) is 32.7. The van der Waals surface area contributed by atoms with Crippen molar-refractivity contribution in [2.75, 3.05) is 26.4 Å². The molecular weight excluding hydrogens is 605 g/mol. The number of phosphoric ester groups is 1. The highest BCUT2D eigenvalue weighted by Crippen LogP contribution is 2.43. The lowest BCUT2D eigenvalue weighted by atomic mass is 10.0. The summed E-state index contributed by atoms with van der Waals surface area (Å²) in [7, 11) is -4.36. The van der Waals surface area contributed by atoms with Gasteiger partial charge in [-0.05, 0) is 32.1 Å². The quantitative estimate of drug-likeness (QED) is 0.0291. The number of rotatable bonds is 35. The molecule has 0 spiro atoms. The molecule has 0 fully saturated rings. The van der Waals surface area contributed by atoms with E-state index in [1.54, 1.807) is 0 Å². The number of esters is 2. The summed E-state index contributed by atoms with van der Waals surface area (Å²) in [5, 5.41) is 0. The van der Waals surface area contributed by atoms with Crippen LogP contribution in [-0.2, 0) is 32.7 Å². The molecule has 0 aliphatic heterocycles. The van der Waals surface area contributed by atoms with Gasteiger partial charge in [-0.1, -0.05) is 142 Å². The molecule has 0 saturated heterocycles. The molecule has 2 atom stereocenters. The maximum absolute atomic E-state index is 12.5. The van der Waals surface area contributed by atoms with E-state index in [1.165, 1.54) is 96.3 Å². The number of nitrogens with two attached hydrogens (primary N) is 1. The summed E-state index contributed by atoms with van der Waals surface area (Å²) in [6.07, 6.45) is 30.9. The zero-order chi connectivity index (χ0) is 34.0. The van der Waals surface area contributed by atoms with Gasteiger partial charge in [0, 0.05) is 19.4 Å². The van der Waals surface area contributed by atoms with Crippen molar-refractivity contribution in [3.63, 3.8) is 0 Å². The lowest BCUT2D eigenvalue weighted by molar-refractivity contribution is -0.161. The molecule has 46 heavy (non-hydrogen) atoms. The molecule has 3 N–H and O–H groups in total. The molecule has 272 valence electrons. The van der Waals surface area contributed by atoms with Gasteiger partial charge in [0.15, 0.2) is 6.10 Å². The first-order valence-electron chi connectivity index (χ1n) is 18.7. The first kappa shape index (κ1) is 44.8. The lowest BCUT2D eigenvalue weighted by Gasteiger charge is -2.19. The summed E-state index contributed by atoms with van der Waals surface area (Å²) in [4.78, 5) is 34.6. The van der Waals surface area contributed by atoms with Gasteiger partial charge in [-0.2, -0.15) is 0 Å². The normalized spacial score (nSPS) is 13.6. The highest BCUT2D eigenvalue weighted by atomic mass is 31.2. The van der Waals surface area contributed by atoms with E-state index in [-0.39, 0.29) is 38.6 Å². The number of ether oxygens (including phenoxy) is 2. The maximum atomic E-state index is 12.5. The van der Waals surface area contributed by atoms with Crippen molar-refractivity contribution < 1.29 is 37.6 Å². The number of carbonyl (C=O) groups excluding carboxylic acids is 2. The van der Waals surface area contributed by atoms with Crippen LogP contribution in [0.25, 0.3) is 0 Å². The molecule has 0 aromatic heterocycles.